The Labute approximate surface area is 119 Å². The molecular weight excluding hydrogens is 250 g/mol. The van der Waals surface area contributed by atoms with Crippen LogP contribution in [0.25, 0.3) is 5.57 Å². The van der Waals surface area contributed by atoms with Crippen LogP contribution in [0.15, 0.2) is 49.2 Å². The molecule has 3 heteroatoms. The average Bonchev–Trinajstić information content (AvgIpc) is 2.77. The Balaban J connectivity index is 1.94. The van der Waals surface area contributed by atoms with Crippen molar-refractivity contribution in [3.63, 3.8) is 0 Å². The second-order valence-electron chi connectivity index (χ2n) is 5.31. The largest absolute Gasteiger partial charge is 0.419 e. The molecule has 1 aromatic rings. The summed E-state index contributed by atoms with van der Waals surface area (Å²) in [5, 5.41) is 0. The van der Waals surface area contributed by atoms with Crippen LogP contribution in [-0.2, 0) is 4.74 Å². The highest BCUT2D eigenvalue weighted by molar-refractivity contribution is 5.78. The zero-order chi connectivity index (χ0) is 13.9. The molecule has 1 saturated heterocycles. The molecule has 2 bridgehead atoms. The van der Waals surface area contributed by atoms with Gasteiger partial charge in [-0.1, -0.05) is 43.0 Å². The number of benzene rings is 1. The monoisotopic (exact) mass is 269 g/mol. The number of ether oxygens (including phenoxy) is 1. The molecule has 3 nitrogen and oxygen atoms in total. The summed E-state index contributed by atoms with van der Waals surface area (Å²) in [6.45, 7) is 3.48. The second-order valence-corrected chi connectivity index (χ2v) is 5.31. The lowest BCUT2D eigenvalue weighted by Crippen LogP contribution is -2.40. The lowest BCUT2D eigenvalue weighted by atomic mass is 9.94. The molecule has 3 rings (SSSR count). The van der Waals surface area contributed by atoms with Crippen molar-refractivity contribution >= 4 is 11.7 Å². The van der Waals surface area contributed by atoms with Gasteiger partial charge in [0.15, 0.2) is 0 Å². The molecule has 1 fully saturated rings. The van der Waals surface area contributed by atoms with Gasteiger partial charge in [-0.3, -0.25) is 4.90 Å². The van der Waals surface area contributed by atoms with Gasteiger partial charge in [-0.05, 0) is 36.8 Å². The maximum Gasteiger partial charge on any atom is 0.415 e. The van der Waals surface area contributed by atoms with E-state index in [1.54, 1.807) is 0 Å². The van der Waals surface area contributed by atoms with Gasteiger partial charge in [0.25, 0.3) is 0 Å². The fourth-order valence-electron chi connectivity index (χ4n) is 3.39. The van der Waals surface area contributed by atoms with E-state index in [0.717, 1.165) is 25.7 Å². The maximum absolute atomic E-state index is 12.2. The van der Waals surface area contributed by atoms with E-state index >= 15 is 0 Å². The Hall–Kier alpha value is -2.03. The third-order valence-electron chi connectivity index (χ3n) is 4.23. The summed E-state index contributed by atoms with van der Waals surface area (Å²) in [4.78, 5) is 14.1. The highest BCUT2D eigenvalue weighted by Gasteiger charge is 2.40. The molecule has 2 atom stereocenters. The molecule has 2 aliphatic heterocycles. The Kier molecular flexibility index (Phi) is 3.59. The molecule has 0 radical (unpaired) electrons. The van der Waals surface area contributed by atoms with Crippen LogP contribution in [-0.4, -0.2) is 23.1 Å². The number of hydrogen-bond acceptors (Lipinski definition) is 2. The third kappa shape index (κ3) is 2.24. The third-order valence-corrected chi connectivity index (χ3v) is 4.23. The van der Waals surface area contributed by atoms with Crippen LogP contribution in [0.2, 0.25) is 0 Å². The first kappa shape index (κ1) is 13.0. The Morgan fingerprint density at radius 2 is 2.05 bits per heavy atom. The fraction of sp³-hybridized carbons (Fsp3) is 0.353. The summed E-state index contributed by atoms with van der Waals surface area (Å²) in [6, 6.07) is 10.8. The maximum atomic E-state index is 12.2. The standard InChI is InChI=1S/C17H19NO2/c1-2-20-17(19)18-14-9-6-10-15(16(18)12-11-14)13-7-4-3-5-8-13/h2-5,7-8,10,14,16H,1,6,9,11-12H2. The lowest BCUT2D eigenvalue weighted by Gasteiger charge is -2.28. The van der Waals surface area contributed by atoms with E-state index in [9.17, 15) is 4.79 Å². The van der Waals surface area contributed by atoms with E-state index in [-0.39, 0.29) is 12.1 Å². The average molecular weight is 269 g/mol. The number of carbonyl (C=O) groups is 1. The van der Waals surface area contributed by atoms with Crippen molar-refractivity contribution in [2.75, 3.05) is 0 Å². The van der Waals surface area contributed by atoms with Crippen molar-refractivity contribution in [3.8, 4) is 0 Å². The van der Waals surface area contributed by atoms with Gasteiger partial charge in [-0.25, -0.2) is 4.79 Å². The number of amides is 1. The SMILES string of the molecule is C=COC(=O)N1C2CCC=C(c3ccccc3)C1CC2. The molecule has 20 heavy (non-hydrogen) atoms. The Bertz CT molecular complexity index is 535. The Morgan fingerprint density at radius 1 is 1.25 bits per heavy atom. The molecule has 2 heterocycles. The molecule has 1 amide bonds. The van der Waals surface area contributed by atoms with Crippen molar-refractivity contribution in [2.24, 2.45) is 0 Å². The minimum absolute atomic E-state index is 0.136. The summed E-state index contributed by atoms with van der Waals surface area (Å²) in [5.41, 5.74) is 2.46. The van der Waals surface area contributed by atoms with Crippen LogP contribution >= 0.6 is 0 Å². The highest BCUT2D eigenvalue weighted by Crippen LogP contribution is 2.39. The van der Waals surface area contributed by atoms with Crippen molar-refractivity contribution in [1.29, 1.82) is 0 Å². The van der Waals surface area contributed by atoms with Crippen LogP contribution in [0.5, 0.6) is 0 Å². The van der Waals surface area contributed by atoms with Crippen molar-refractivity contribution in [1.82, 2.24) is 4.90 Å². The number of carbonyl (C=O) groups excluding carboxylic acids is 1. The topological polar surface area (TPSA) is 29.5 Å². The van der Waals surface area contributed by atoms with Crippen LogP contribution in [0, 0.1) is 0 Å². The number of allylic oxidation sites excluding steroid dienone is 1. The van der Waals surface area contributed by atoms with Gasteiger partial charge in [-0.2, -0.15) is 0 Å². The number of nitrogens with zero attached hydrogens (tertiary/aromatic N) is 1. The first-order chi connectivity index (χ1) is 9.81. The molecular formula is C17H19NO2. The summed E-state index contributed by atoms with van der Waals surface area (Å²) in [7, 11) is 0. The predicted octanol–water partition coefficient (Wildman–Crippen LogP) is 3.98. The summed E-state index contributed by atoms with van der Waals surface area (Å²) < 4.78 is 5.03. The van der Waals surface area contributed by atoms with E-state index in [1.165, 1.54) is 17.4 Å². The molecule has 0 saturated carbocycles. The summed E-state index contributed by atoms with van der Waals surface area (Å²) in [5.74, 6) is 0. The second kappa shape index (κ2) is 5.53. The van der Waals surface area contributed by atoms with Crippen LogP contribution in [0.4, 0.5) is 4.79 Å². The molecule has 104 valence electrons. The van der Waals surface area contributed by atoms with E-state index < -0.39 is 0 Å². The molecule has 0 aromatic heterocycles. The fourth-order valence-corrected chi connectivity index (χ4v) is 3.39. The van der Waals surface area contributed by atoms with E-state index in [1.807, 2.05) is 23.1 Å². The van der Waals surface area contributed by atoms with Crippen LogP contribution in [0.1, 0.15) is 31.2 Å². The minimum Gasteiger partial charge on any atom is -0.419 e. The van der Waals surface area contributed by atoms with E-state index in [0.29, 0.717) is 6.04 Å². The molecule has 1 aromatic carbocycles. The molecule has 0 spiro atoms. The molecule has 2 aliphatic rings. The van der Waals surface area contributed by atoms with Gasteiger partial charge < -0.3 is 4.74 Å². The van der Waals surface area contributed by atoms with Gasteiger partial charge in [0.05, 0.1) is 12.3 Å². The highest BCUT2D eigenvalue weighted by atomic mass is 16.5. The van der Waals surface area contributed by atoms with Gasteiger partial charge in [0.1, 0.15) is 0 Å². The quantitative estimate of drug-likeness (QED) is 0.760. The van der Waals surface area contributed by atoms with Gasteiger partial charge in [0, 0.05) is 6.04 Å². The first-order valence-electron chi connectivity index (χ1n) is 7.16. The lowest BCUT2D eigenvalue weighted by molar-refractivity contribution is 0.123. The van der Waals surface area contributed by atoms with E-state index in [2.05, 4.69) is 24.8 Å². The number of hydrogen-bond donors (Lipinski definition) is 0. The summed E-state index contributed by atoms with van der Waals surface area (Å²) in [6.07, 6.45) is 7.34. The first-order valence-corrected chi connectivity index (χ1v) is 7.16. The number of fused-ring (bicyclic) bond motifs is 2. The van der Waals surface area contributed by atoms with Crippen molar-refractivity contribution in [2.45, 2.75) is 37.8 Å². The molecule has 0 N–H and O–H groups in total. The Morgan fingerprint density at radius 3 is 2.80 bits per heavy atom. The zero-order valence-corrected chi connectivity index (χ0v) is 11.5. The normalized spacial score (nSPS) is 24.8. The van der Waals surface area contributed by atoms with Crippen LogP contribution in [0.3, 0.4) is 0 Å². The summed E-state index contributed by atoms with van der Waals surface area (Å²) >= 11 is 0. The smallest absolute Gasteiger partial charge is 0.415 e. The van der Waals surface area contributed by atoms with Gasteiger partial charge in [0.2, 0.25) is 0 Å². The zero-order valence-electron chi connectivity index (χ0n) is 11.5. The van der Waals surface area contributed by atoms with Crippen LogP contribution < -0.4 is 0 Å². The van der Waals surface area contributed by atoms with Crippen molar-refractivity contribution < 1.29 is 9.53 Å². The molecule has 0 aliphatic carbocycles. The predicted molar refractivity (Wildman–Crippen MR) is 79.0 cm³/mol. The van der Waals surface area contributed by atoms with Gasteiger partial charge in [-0.15, -0.1) is 0 Å². The van der Waals surface area contributed by atoms with E-state index in [4.69, 9.17) is 4.74 Å². The minimum atomic E-state index is -0.267. The van der Waals surface area contributed by atoms with Gasteiger partial charge >= 0.3 is 6.09 Å². The van der Waals surface area contributed by atoms with Crippen molar-refractivity contribution in [3.05, 3.63) is 54.8 Å². The molecule has 2 unspecified atom stereocenters. The number of rotatable bonds is 2.